The number of hydrogen-bond donors (Lipinski definition) is 2. The van der Waals surface area contributed by atoms with Gasteiger partial charge >= 0.3 is 5.97 Å². The molecule has 0 atom stereocenters. The van der Waals surface area contributed by atoms with E-state index in [1.807, 2.05) is 0 Å². The molecule has 0 radical (unpaired) electrons. The Kier molecular flexibility index (Phi) is 5.09. The molecule has 1 aliphatic rings. The van der Waals surface area contributed by atoms with Crippen LogP contribution in [-0.2, 0) is 4.74 Å². The summed E-state index contributed by atoms with van der Waals surface area (Å²) in [5, 5.41) is 19.4. The second-order valence-corrected chi connectivity index (χ2v) is 4.66. The number of aromatic nitrogens is 2. The van der Waals surface area contributed by atoms with E-state index in [9.17, 15) is 4.79 Å². The summed E-state index contributed by atoms with van der Waals surface area (Å²) < 4.78 is 5.75. The summed E-state index contributed by atoms with van der Waals surface area (Å²) in [7, 11) is 0. The molecule has 0 amide bonds. The Morgan fingerprint density at radius 1 is 1.42 bits per heavy atom. The molecule has 6 heteroatoms. The van der Waals surface area contributed by atoms with Crippen LogP contribution in [0.25, 0.3) is 0 Å². The number of rotatable bonds is 6. The largest absolute Gasteiger partial charge is 0.478 e. The van der Waals surface area contributed by atoms with E-state index in [0.717, 1.165) is 12.8 Å². The Hall–Kier alpha value is -1.69. The molecule has 1 aliphatic carbocycles. The number of carboxylic acid groups (broad SMARTS) is 1. The van der Waals surface area contributed by atoms with Crippen LogP contribution in [0.5, 0.6) is 0 Å². The molecular formula is C13H19N3O3. The third kappa shape index (κ3) is 4.17. The number of aromatic carboxylic acids is 1. The summed E-state index contributed by atoms with van der Waals surface area (Å²) in [6, 6.07) is 1.43. The molecule has 0 bridgehead atoms. The molecule has 0 unspecified atom stereocenters. The minimum atomic E-state index is -1.01. The van der Waals surface area contributed by atoms with Crippen LogP contribution in [0.1, 0.15) is 42.5 Å². The van der Waals surface area contributed by atoms with Crippen molar-refractivity contribution >= 4 is 11.8 Å². The van der Waals surface area contributed by atoms with Gasteiger partial charge in [0.1, 0.15) is 5.56 Å². The lowest BCUT2D eigenvalue weighted by Crippen LogP contribution is -2.21. The lowest BCUT2D eigenvalue weighted by molar-refractivity contribution is 0.0347. The van der Waals surface area contributed by atoms with E-state index in [1.54, 1.807) is 0 Å². The van der Waals surface area contributed by atoms with Crippen molar-refractivity contribution in [1.82, 2.24) is 10.2 Å². The van der Waals surface area contributed by atoms with Gasteiger partial charge in [-0.1, -0.05) is 19.3 Å². The Bertz CT molecular complexity index is 419. The van der Waals surface area contributed by atoms with Crippen molar-refractivity contribution in [2.75, 3.05) is 18.5 Å². The molecular weight excluding hydrogens is 246 g/mol. The highest BCUT2D eigenvalue weighted by molar-refractivity contribution is 5.92. The molecule has 1 aromatic heterocycles. The number of anilines is 1. The van der Waals surface area contributed by atoms with E-state index < -0.39 is 5.97 Å². The van der Waals surface area contributed by atoms with Gasteiger partial charge < -0.3 is 15.2 Å². The van der Waals surface area contributed by atoms with Crippen LogP contribution < -0.4 is 5.32 Å². The van der Waals surface area contributed by atoms with Gasteiger partial charge in [-0.05, 0) is 18.9 Å². The Labute approximate surface area is 112 Å². The molecule has 1 aromatic rings. The zero-order valence-corrected chi connectivity index (χ0v) is 10.8. The average molecular weight is 265 g/mol. The predicted octanol–water partition coefficient (Wildman–Crippen LogP) is 1.94. The van der Waals surface area contributed by atoms with E-state index in [4.69, 9.17) is 9.84 Å². The first kappa shape index (κ1) is 13.7. The highest BCUT2D eigenvalue weighted by Crippen LogP contribution is 2.20. The van der Waals surface area contributed by atoms with Crippen LogP contribution in [0.3, 0.4) is 0 Å². The van der Waals surface area contributed by atoms with Gasteiger partial charge in [-0.15, -0.1) is 5.10 Å². The second kappa shape index (κ2) is 7.04. The molecule has 1 heterocycles. The summed E-state index contributed by atoms with van der Waals surface area (Å²) >= 11 is 0. The van der Waals surface area contributed by atoms with Crippen molar-refractivity contribution in [3.8, 4) is 0 Å². The quantitative estimate of drug-likeness (QED) is 0.765. The van der Waals surface area contributed by atoms with E-state index in [-0.39, 0.29) is 5.56 Å². The second-order valence-electron chi connectivity index (χ2n) is 4.66. The summed E-state index contributed by atoms with van der Waals surface area (Å²) in [5.74, 6) is -0.715. The highest BCUT2D eigenvalue weighted by atomic mass is 16.5. The van der Waals surface area contributed by atoms with Crippen LogP contribution in [0.2, 0.25) is 0 Å². The fourth-order valence-corrected chi connectivity index (χ4v) is 2.26. The summed E-state index contributed by atoms with van der Waals surface area (Å²) in [6.45, 7) is 1.09. The standard InChI is InChI=1S/C13H19N3O3/c17-13(18)11-6-7-15-16-12(11)14-8-9-19-10-4-2-1-3-5-10/h6-7,10H,1-5,8-9H2,(H,14,16)(H,17,18). The van der Waals surface area contributed by atoms with Gasteiger partial charge in [0, 0.05) is 6.54 Å². The van der Waals surface area contributed by atoms with Crippen LogP contribution in [0, 0.1) is 0 Å². The molecule has 0 saturated heterocycles. The number of nitrogens with zero attached hydrogens (tertiary/aromatic N) is 2. The maximum Gasteiger partial charge on any atom is 0.339 e. The van der Waals surface area contributed by atoms with Gasteiger partial charge in [0.15, 0.2) is 5.82 Å². The fourth-order valence-electron chi connectivity index (χ4n) is 2.26. The average Bonchev–Trinajstić information content (AvgIpc) is 2.45. The van der Waals surface area contributed by atoms with Gasteiger partial charge in [-0.25, -0.2) is 4.79 Å². The van der Waals surface area contributed by atoms with Crippen molar-refractivity contribution < 1.29 is 14.6 Å². The SMILES string of the molecule is O=C(O)c1ccnnc1NCCOC1CCCCC1. The van der Waals surface area contributed by atoms with Crippen LogP contribution in [0.4, 0.5) is 5.82 Å². The molecule has 0 aliphatic heterocycles. The Morgan fingerprint density at radius 3 is 2.95 bits per heavy atom. The van der Waals surface area contributed by atoms with Crippen molar-refractivity contribution in [3.05, 3.63) is 17.8 Å². The number of nitrogens with one attached hydrogen (secondary N) is 1. The van der Waals surface area contributed by atoms with Crippen LogP contribution in [0.15, 0.2) is 12.3 Å². The molecule has 6 nitrogen and oxygen atoms in total. The van der Waals surface area contributed by atoms with E-state index in [1.165, 1.54) is 31.5 Å². The number of carbonyl (C=O) groups is 1. The van der Waals surface area contributed by atoms with Crippen molar-refractivity contribution in [3.63, 3.8) is 0 Å². The van der Waals surface area contributed by atoms with Crippen LogP contribution in [-0.4, -0.2) is 40.5 Å². The van der Waals surface area contributed by atoms with Gasteiger partial charge in [-0.2, -0.15) is 5.10 Å². The molecule has 104 valence electrons. The lowest BCUT2D eigenvalue weighted by Gasteiger charge is -2.22. The first-order chi connectivity index (χ1) is 9.27. The number of carboxylic acids is 1. The van der Waals surface area contributed by atoms with Gasteiger partial charge in [-0.3, -0.25) is 0 Å². The highest BCUT2D eigenvalue weighted by Gasteiger charge is 2.14. The van der Waals surface area contributed by atoms with Gasteiger partial charge in [0.05, 0.1) is 18.9 Å². The Morgan fingerprint density at radius 2 is 2.21 bits per heavy atom. The summed E-state index contributed by atoms with van der Waals surface area (Å²) in [4.78, 5) is 11.0. The third-order valence-electron chi connectivity index (χ3n) is 3.25. The molecule has 0 spiro atoms. The minimum Gasteiger partial charge on any atom is -0.478 e. The first-order valence-electron chi connectivity index (χ1n) is 6.68. The third-order valence-corrected chi connectivity index (χ3v) is 3.25. The number of hydrogen-bond acceptors (Lipinski definition) is 5. The Balaban J connectivity index is 1.74. The maximum absolute atomic E-state index is 11.0. The smallest absolute Gasteiger partial charge is 0.339 e. The zero-order chi connectivity index (χ0) is 13.5. The molecule has 1 saturated carbocycles. The monoisotopic (exact) mass is 265 g/mol. The predicted molar refractivity (Wildman–Crippen MR) is 70.3 cm³/mol. The number of ether oxygens (including phenoxy) is 1. The van der Waals surface area contributed by atoms with Crippen molar-refractivity contribution in [1.29, 1.82) is 0 Å². The van der Waals surface area contributed by atoms with E-state index in [2.05, 4.69) is 15.5 Å². The fraction of sp³-hybridized carbons (Fsp3) is 0.615. The zero-order valence-electron chi connectivity index (χ0n) is 10.8. The topological polar surface area (TPSA) is 84.3 Å². The maximum atomic E-state index is 11.0. The van der Waals surface area contributed by atoms with E-state index in [0.29, 0.717) is 25.1 Å². The first-order valence-corrected chi connectivity index (χ1v) is 6.68. The van der Waals surface area contributed by atoms with Crippen LogP contribution >= 0.6 is 0 Å². The lowest BCUT2D eigenvalue weighted by atomic mass is 9.98. The van der Waals surface area contributed by atoms with Crippen molar-refractivity contribution in [2.45, 2.75) is 38.2 Å². The molecule has 2 rings (SSSR count). The van der Waals surface area contributed by atoms with Crippen molar-refractivity contribution in [2.24, 2.45) is 0 Å². The minimum absolute atomic E-state index is 0.132. The molecule has 0 aromatic carbocycles. The van der Waals surface area contributed by atoms with Gasteiger partial charge in [0.25, 0.3) is 0 Å². The normalized spacial score (nSPS) is 16.2. The summed E-state index contributed by atoms with van der Waals surface area (Å²) in [6.07, 6.45) is 7.78. The molecule has 2 N–H and O–H groups in total. The molecule has 1 fully saturated rings. The van der Waals surface area contributed by atoms with Gasteiger partial charge in [0.2, 0.25) is 0 Å². The van der Waals surface area contributed by atoms with E-state index >= 15 is 0 Å². The summed E-state index contributed by atoms with van der Waals surface area (Å²) in [5.41, 5.74) is 0.132. The molecule has 19 heavy (non-hydrogen) atoms.